The van der Waals surface area contributed by atoms with Gasteiger partial charge in [0.05, 0.1) is 5.69 Å². The van der Waals surface area contributed by atoms with E-state index in [0.717, 1.165) is 9.86 Å². The molecule has 27 heavy (non-hydrogen) atoms. The number of furan rings is 1. The smallest absolute Gasteiger partial charge is 0.291 e. The number of piperidine rings is 1. The average molecular weight is 427 g/mol. The molecule has 2 aromatic carbocycles. The van der Waals surface area contributed by atoms with Crippen LogP contribution in [0.3, 0.4) is 0 Å². The zero-order valence-corrected chi connectivity index (χ0v) is 15.8. The first-order chi connectivity index (χ1) is 13.0. The van der Waals surface area contributed by atoms with E-state index in [0.29, 0.717) is 36.2 Å². The third kappa shape index (κ3) is 3.50. The fraction of sp³-hybridized carbons (Fsp3) is 0.150. The molecule has 1 saturated heterocycles. The van der Waals surface area contributed by atoms with Crippen molar-refractivity contribution < 1.29 is 18.8 Å². The summed E-state index contributed by atoms with van der Waals surface area (Å²) in [5, 5.41) is 3.58. The van der Waals surface area contributed by atoms with Crippen molar-refractivity contribution in [3.8, 4) is 0 Å². The van der Waals surface area contributed by atoms with E-state index in [9.17, 15) is 14.4 Å². The number of hydrogen-bond acceptors (Lipinski definition) is 4. The van der Waals surface area contributed by atoms with Crippen LogP contribution in [-0.4, -0.2) is 17.7 Å². The number of benzene rings is 2. The van der Waals surface area contributed by atoms with Gasteiger partial charge < -0.3 is 9.73 Å². The van der Waals surface area contributed by atoms with Crippen LogP contribution in [0.15, 0.2) is 57.4 Å². The lowest BCUT2D eigenvalue weighted by Crippen LogP contribution is -2.40. The number of amides is 3. The molecule has 136 valence electrons. The summed E-state index contributed by atoms with van der Waals surface area (Å²) in [5.74, 6) is -0.568. The summed E-state index contributed by atoms with van der Waals surface area (Å²) in [6.45, 7) is 0. The van der Waals surface area contributed by atoms with Gasteiger partial charge in [0.25, 0.3) is 5.91 Å². The molecule has 4 rings (SSSR count). The average Bonchev–Trinajstić information content (AvgIpc) is 3.06. The normalized spacial score (nSPS) is 14.6. The molecule has 1 aromatic heterocycles. The highest BCUT2D eigenvalue weighted by molar-refractivity contribution is 9.10. The molecule has 0 bridgehead atoms. The predicted molar refractivity (Wildman–Crippen MR) is 105 cm³/mol. The van der Waals surface area contributed by atoms with Crippen molar-refractivity contribution in [2.45, 2.75) is 19.3 Å². The van der Waals surface area contributed by atoms with Gasteiger partial charge in [0.15, 0.2) is 5.76 Å². The number of carbonyl (C=O) groups is 3. The molecule has 1 fully saturated rings. The first-order valence-electron chi connectivity index (χ1n) is 8.47. The maximum absolute atomic E-state index is 12.4. The minimum absolute atomic E-state index is 0.198. The summed E-state index contributed by atoms with van der Waals surface area (Å²) in [5.41, 5.74) is 1.68. The van der Waals surface area contributed by atoms with Crippen LogP contribution >= 0.6 is 15.9 Å². The van der Waals surface area contributed by atoms with E-state index in [2.05, 4.69) is 21.2 Å². The Balaban J connectivity index is 1.51. The van der Waals surface area contributed by atoms with Gasteiger partial charge in [-0.3, -0.25) is 19.3 Å². The van der Waals surface area contributed by atoms with Gasteiger partial charge in [0, 0.05) is 28.4 Å². The standard InChI is InChI=1S/C20H15BrN2O4/c21-13-4-9-16-12(10-13)11-17(27-16)20(26)22-14-5-7-15(8-6-14)23-18(24)2-1-3-19(23)25/h4-11H,1-3H2,(H,22,26). The highest BCUT2D eigenvalue weighted by atomic mass is 79.9. The largest absolute Gasteiger partial charge is 0.451 e. The molecule has 1 aliphatic heterocycles. The molecule has 6 nitrogen and oxygen atoms in total. The van der Waals surface area contributed by atoms with Crippen molar-refractivity contribution in [1.29, 1.82) is 0 Å². The number of anilines is 2. The number of nitrogens with zero attached hydrogens (tertiary/aromatic N) is 1. The van der Waals surface area contributed by atoms with Gasteiger partial charge in [-0.2, -0.15) is 0 Å². The Morgan fingerprint density at radius 3 is 2.41 bits per heavy atom. The van der Waals surface area contributed by atoms with Crippen molar-refractivity contribution in [3.63, 3.8) is 0 Å². The summed E-state index contributed by atoms with van der Waals surface area (Å²) in [6, 6.07) is 13.8. The van der Waals surface area contributed by atoms with Crippen LogP contribution in [0, 0.1) is 0 Å². The van der Waals surface area contributed by atoms with E-state index in [1.807, 2.05) is 12.1 Å². The molecule has 2 heterocycles. The van der Waals surface area contributed by atoms with E-state index in [4.69, 9.17) is 4.42 Å². The van der Waals surface area contributed by atoms with Gasteiger partial charge in [0.1, 0.15) is 5.58 Å². The monoisotopic (exact) mass is 426 g/mol. The van der Waals surface area contributed by atoms with E-state index < -0.39 is 0 Å². The molecule has 3 aromatic rings. The molecule has 0 unspecified atom stereocenters. The Labute approximate surface area is 163 Å². The fourth-order valence-electron chi connectivity index (χ4n) is 3.05. The zero-order valence-electron chi connectivity index (χ0n) is 14.2. The SMILES string of the molecule is O=C(Nc1ccc(N2C(=O)CCCC2=O)cc1)c1cc2cc(Br)ccc2o1. The summed E-state index contributed by atoms with van der Waals surface area (Å²) in [6.07, 6.45) is 1.33. The van der Waals surface area contributed by atoms with E-state index in [1.165, 1.54) is 4.90 Å². The molecule has 3 amide bonds. The number of nitrogens with one attached hydrogen (secondary N) is 1. The lowest BCUT2D eigenvalue weighted by Gasteiger charge is -2.24. The van der Waals surface area contributed by atoms with E-state index in [-0.39, 0.29) is 23.5 Å². The molecule has 0 radical (unpaired) electrons. The van der Waals surface area contributed by atoms with Crippen molar-refractivity contribution in [2.75, 3.05) is 10.2 Å². The molecule has 0 atom stereocenters. The van der Waals surface area contributed by atoms with Crippen LogP contribution in [0.2, 0.25) is 0 Å². The highest BCUT2D eigenvalue weighted by Gasteiger charge is 2.27. The van der Waals surface area contributed by atoms with Crippen LogP contribution in [0.25, 0.3) is 11.0 Å². The van der Waals surface area contributed by atoms with Gasteiger partial charge in [-0.1, -0.05) is 15.9 Å². The molecule has 1 aliphatic rings. The van der Waals surface area contributed by atoms with Crippen molar-refractivity contribution in [3.05, 3.63) is 58.8 Å². The first kappa shape index (κ1) is 17.5. The Kier molecular flexibility index (Phi) is 4.53. The molecule has 0 saturated carbocycles. The van der Waals surface area contributed by atoms with Crippen LogP contribution < -0.4 is 10.2 Å². The molecular weight excluding hydrogens is 412 g/mol. The van der Waals surface area contributed by atoms with E-state index in [1.54, 1.807) is 36.4 Å². The Morgan fingerprint density at radius 2 is 1.70 bits per heavy atom. The van der Waals surface area contributed by atoms with Gasteiger partial charge >= 0.3 is 0 Å². The molecule has 7 heteroatoms. The number of rotatable bonds is 3. The van der Waals surface area contributed by atoms with Gasteiger partial charge in [0.2, 0.25) is 11.8 Å². The lowest BCUT2D eigenvalue weighted by molar-refractivity contribution is -0.129. The number of carbonyl (C=O) groups excluding carboxylic acids is 3. The highest BCUT2D eigenvalue weighted by Crippen LogP contribution is 2.26. The summed E-state index contributed by atoms with van der Waals surface area (Å²) in [7, 11) is 0. The third-order valence-electron chi connectivity index (χ3n) is 4.37. The van der Waals surface area contributed by atoms with Crippen LogP contribution in [0.4, 0.5) is 11.4 Å². The molecular formula is C20H15BrN2O4. The number of halogens is 1. The van der Waals surface area contributed by atoms with Crippen LogP contribution in [-0.2, 0) is 9.59 Å². The second-order valence-corrected chi connectivity index (χ2v) is 7.19. The maximum Gasteiger partial charge on any atom is 0.291 e. The molecule has 1 N–H and O–H groups in total. The Bertz CT molecular complexity index is 1040. The lowest BCUT2D eigenvalue weighted by atomic mass is 10.1. The Hall–Kier alpha value is -2.93. The maximum atomic E-state index is 12.4. The van der Waals surface area contributed by atoms with Crippen molar-refractivity contribution in [2.24, 2.45) is 0 Å². The van der Waals surface area contributed by atoms with Gasteiger partial charge in [-0.05, 0) is 55.0 Å². The number of imide groups is 1. The topological polar surface area (TPSA) is 79.6 Å². The molecule has 0 spiro atoms. The summed E-state index contributed by atoms with van der Waals surface area (Å²) in [4.78, 5) is 37.6. The summed E-state index contributed by atoms with van der Waals surface area (Å²) >= 11 is 3.39. The minimum Gasteiger partial charge on any atom is -0.451 e. The quantitative estimate of drug-likeness (QED) is 0.625. The molecule has 0 aliphatic carbocycles. The first-order valence-corrected chi connectivity index (χ1v) is 9.27. The van der Waals surface area contributed by atoms with Crippen molar-refractivity contribution >= 4 is 56.0 Å². The number of fused-ring (bicyclic) bond motifs is 1. The Morgan fingerprint density at radius 1 is 1.00 bits per heavy atom. The van der Waals surface area contributed by atoms with Gasteiger partial charge in [-0.15, -0.1) is 0 Å². The third-order valence-corrected chi connectivity index (χ3v) is 4.86. The zero-order chi connectivity index (χ0) is 19.0. The second kappa shape index (κ2) is 7.00. The van der Waals surface area contributed by atoms with Crippen LogP contribution in [0.1, 0.15) is 29.8 Å². The number of hydrogen-bond donors (Lipinski definition) is 1. The van der Waals surface area contributed by atoms with E-state index >= 15 is 0 Å². The minimum atomic E-state index is -0.375. The fourth-order valence-corrected chi connectivity index (χ4v) is 3.43. The second-order valence-electron chi connectivity index (χ2n) is 6.27. The summed E-state index contributed by atoms with van der Waals surface area (Å²) < 4.78 is 6.48. The van der Waals surface area contributed by atoms with Gasteiger partial charge in [-0.25, -0.2) is 0 Å². The van der Waals surface area contributed by atoms with Crippen LogP contribution in [0.5, 0.6) is 0 Å². The van der Waals surface area contributed by atoms with Crippen molar-refractivity contribution in [1.82, 2.24) is 0 Å². The predicted octanol–water partition coefficient (Wildman–Crippen LogP) is 4.49.